The van der Waals surface area contributed by atoms with Crippen molar-refractivity contribution in [3.05, 3.63) is 81.6 Å². The average Bonchev–Trinajstić information content (AvgIpc) is 2.90. The van der Waals surface area contributed by atoms with E-state index in [1.807, 2.05) is 31.2 Å². The predicted molar refractivity (Wildman–Crippen MR) is 105 cm³/mol. The number of carbonyl (C=O) groups is 1. The van der Waals surface area contributed by atoms with Crippen LogP contribution in [0.15, 0.2) is 48.5 Å². The first kappa shape index (κ1) is 17.8. The van der Waals surface area contributed by atoms with Crippen LogP contribution in [0.4, 0.5) is 5.69 Å². The Morgan fingerprint density at radius 2 is 1.96 bits per heavy atom. The molecule has 5 heteroatoms. The number of amides is 1. The van der Waals surface area contributed by atoms with Crippen molar-refractivity contribution in [2.75, 3.05) is 5.32 Å². The number of terminal acetylenes is 1. The highest BCUT2D eigenvalue weighted by molar-refractivity contribution is 6.33. The van der Waals surface area contributed by atoms with Crippen LogP contribution in [0.25, 0.3) is 0 Å². The topological polar surface area (TPSA) is 46.9 Å². The van der Waals surface area contributed by atoms with Gasteiger partial charge in [-0.1, -0.05) is 53.4 Å². The van der Waals surface area contributed by atoms with Gasteiger partial charge in [0.1, 0.15) is 5.15 Å². The standard InChI is InChI=1S/C21H18ClN3O/c1-4-16-6-5-7-18(12-16)23-21(26)19-15(3)24-25(20(19)22)13-17-10-8-14(2)9-11-17/h1,5-12H,13H2,2-3H3,(H,23,26). The van der Waals surface area contributed by atoms with E-state index in [4.69, 9.17) is 18.0 Å². The summed E-state index contributed by atoms with van der Waals surface area (Å²) in [6.45, 7) is 4.30. The van der Waals surface area contributed by atoms with Crippen molar-refractivity contribution in [3.63, 3.8) is 0 Å². The van der Waals surface area contributed by atoms with Crippen molar-refractivity contribution < 1.29 is 4.79 Å². The quantitative estimate of drug-likeness (QED) is 0.697. The van der Waals surface area contributed by atoms with Gasteiger partial charge in [-0.25, -0.2) is 4.68 Å². The van der Waals surface area contributed by atoms with E-state index < -0.39 is 0 Å². The lowest BCUT2D eigenvalue weighted by atomic mass is 10.1. The molecule has 130 valence electrons. The molecule has 2 aromatic carbocycles. The second-order valence-electron chi connectivity index (χ2n) is 6.07. The minimum atomic E-state index is -0.308. The van der Waals surface area contributed by atoms with E-state index in [1.54, 1.807) is 35.9 Å². The van der Waals surface area contributed by atoms with Gasteiger partial charge in [0.15, 0.2) is 0 Å². The summed E-state index contributed by atoms with van der Waals surface area (Å²) < 4.78 is 1.63. The molecule has 0 saturated heterocycles. The predicted octanol–water partition coefficient (Wildman–Crippen LogP) is 4.44. The van der Waals surface area contributed by atoms with E-state index in [2.05, 4.69) is 16.3 Å². The monoisotopic (exact) mass is 363 g/mol. The molecule has 0 spiro atoms. The molecule has 3 rings (SSSR count). The van der Waals surface area contributed by atoms with E-state index in [0.717, 1.165) is 5.56 Å². The maximum atomic E-state index is 12.7. The molecule has 0 saturated carbocycles. The second kappa shape index (κ2) is 7.47. The van der Waals surface area contributed by atoms with Gasteiger partial charge in [-0.05, 0) is 37.6 Å². The van der Waals surface area contributed by atoms with Crippen LogP contribution in [0.1, 0.15) is 32.7 Å². The maximum Gasteiger partial charge on any atom is 0.260 e. The summed E-state index contributed by atoms with van der Waals surface area (Å²) in [6, 6.07) is 15.2. The van der Waals surface area contributed by atoms with Crippen LogP contribution in [-0.2, 0) is 6.54 Å². The summed E-state index contributed by atoms with van der Waals surface area (Å²) >= 11 is 6.44. The van der Waals surface area contributed by atoms with E-state index in [0.29, 0.717) is 34.2 Å². The number of nitrogens with one attached hydrogen (secondary N) is 1. The molecule has 0 bridgehead atoms. The van der Waals surface area contributed by atoms with E-state index >= 15 is 0 Å². The Morgan fingerprint density at radius 1 is 1.23 bits per heavy atom. The molecule has 1 heterocycles. The van der Waals surface area contributed by atoms with E-state index in [9.17, 15) is 4.79 Å². The number of anilines is 1. The highest BCUT2D eigenvalue weighted by Gasteiger charge is 2.20. The SMILES string of the molecule is C#Cc1cccc(NC(=O)c2c(C)nn(Cc3ccc(C)cc3)c2Cl)c1. The molecule has 0 atom stereocenters. The third-order valence-corrected chi connectivity index (χ3v) is 4.42. The molecule has 1 amide bonds. The molecule has 1 aromatic heterocycles. The Labute approximate surface area is 157 Å². The van der Waals surface area contributed by atoms with Gasteiger partial charge in [0.2, 0.25) is 0 Å². The molecule has 0 fully saturated rings. The molecular weight excluding hydrogens is 346 g/mol. The van der Waals surface area contributed by atoms with Crippen molar-refractivity contribution in [1.29, 1.82) is 0 Å². The summed E-state index contributed by atoms with van der Waals surface area (Å²) in [6.07, 6.45) is 5.40. The van der Waals surface area contributed by atoms with Crippen LogP contribution in [0.2, 0.25) is 5.15 Å². The van der Waals surface area contributed by atoms with E-state index in [-0.39, 0.29) is 5.91 Å². The summed E-state index contributed by atoms with van der Waals surface area (Å²) in [5.41, 5.74) is 4.50. The summed E-state index contributed by atoms with van der Waals surface area (Å²) in [5.74, 6) is 2.24. The largest absolute Gasteiger partial charge is 0.322 e. The number of rotatable bonds is 4. The van der Waals surface area contributed by atoms with Gasteiger partial charge in [-0.3, -0.25) is 4.79 Å². The van der Waals surface area contributed by atoms with Gasteiger partial charge in [-0.15, -0.1) is 6.42 Å². The number of nitrogens with zero attached hydrogens (tertiary/aromatic N) is 2. The van der Waals surface area contributed by atoms with Crippen molar-refractivity contribution in [3.8, 4) is 12.3 Å². The van der Waals surface area contributed by atoms with Crippen LogP contribution in [0.3, 0.4) is 0 Å². The van der Waals surface area contributed by atoms with Crippen LogP contribution in [-0.4, -0.2) is 15.7 Å². The number of carbonyl (C=O) groups excluding carboxylic acids is 1. The average molecular weight is 364 g/mol. The highest BCUT2D eigenvalue weighted by atomic mass is 35.5. The van der Waals surface area contributed by atoms with Crippen LogP contribution in [0.5, 0.6) is 0 Å². The molecule has 0 unspecified atom stereocenters. The van der Waals surface area contributed by atoms with Gasteiger partial charge < -0.3 is 5.32 Å². The van der Waals surface area contributed by atoms with Crippen molar-refractivity contribution in [2.24, 2.45) is 0 Å². The first-order valence-corrected chi connectivity index (χ1v) is 8.52. The first-order chi connectivity index (χ1) is 12.5. The van der Waals surface area contributed by atoms with Crippen molar-refractivity contribution >= 4 is 23.2 Å². The zero-order chi connectivity index (χ0) is 18.7. The fourth-order valence-corrected chi connectivity index (χ4v) is 2.98. The number of hydrogen-bond donors (Lipinski definition) is 1. The lowest BCUT2D eigenvalue weighted by Crippen LogP contribution is -2.13. The summed E-state index contributed by atoms with van der Waals surface area (Å²) in [4.78, 5) is 12.7. The molecule has 0 aliphatic heterocycles. The molecule has 1 N–H and O–H groups in total. The Morgan fingerprint density at radius 3 is 2.65 bits per heavy atom. The number of aryl methyl sites for hydroxylation is 2. The van der Waals surface area contributed by atoms with Crippen molar-refractivity contribution in [1.82, 2.24) is 9.78 Å². The maximum absolute atomic E-state index is 12.7. The van der Waals surface area contributed by atoms with Gasteiger partial charge in [-0.2, -0.15) is 5.10 Å². The van der Waals surface area contributed by atoms with Gasteiger partial charge in [0.25, 0.3) is 5.91 Å². The van der Waals surface area contributed by atoms with Crippen molar-refractivity contribution in [2.45, 2.75) is 20.4 Å². The summed E-state index contributed by atoms with van der Waals surface area (Å²) in [5, 5.41) is 7.56. The first-order valence-electron chi connectivity index (χ1n) is 8.14. The van der Waals surface area contributed by atoms with E-state index in [1.165, 1.54) is 5.56 Å². The molecular formula is C21H18ClN3O. The fourth-order valence-electron chi connectivity index (χ4n) is 2.66. The zero-order valence-electron chi connectivity index (χ0n) is 14.6. The third kappa shape index (κ3) is 3.79. The van der Waals surface area contributed by atoms with Crippen LogP contribution in [0, 0.1) is 26.2 Å². The van der Waals surface area contributed by atoms with Gasteiger partial charge in [0.05, 0.1) is 17.8 Å². The fraction of sp³-hybridized carbons (Fsp3) is 0.143. The Hall–Kier alpha value is -3.03. The van der Waals surface area contributed by atoms with Crippen LogP contribution >= 0.6 is 11.6 Å². The van der Waals surface area contributed by atoms with Crippen LogP contribution < -0.4 is 5.32 Å². The minimum Gasteiger partial charge on any atom is -0.322 e. The second-order valence-corrected chi connectivity index (χ2v) is 6.43. The highest BCUT2D eigenvalue weighted by Crippen LogP contribution is 2.23. The smallest absolute Gasteiger partial charge is 0.260 e. The minimum absolute atomic E-state index is 0.308. The zero-order valence-corrected chi connectivity index (χ0v) is 15.3. The number of benzene rings is 2. The summed E-state index contributed by atoms with van der Waals surface area (Å²) in [7, 11) is 0. The number of halogens is 1. The lowest BCUT2D eigenvalue weighted by molar-refractivity contribution is 0.102. The third-order valence-electron chi connectivity index (χ3n) is 4.03. The van der Waals surface area contributed by atoms with Gasteiger partial charge in [0, 0.05) is 11.3 Å². The number of aromatic nitrogens is 2. The molecule has 3 aromatic rings. The molecule has 0 aliphatic rings. The lowest BCUT2D eigenvalue weighted by Gasteiger charge is -2.06. The Kier molecular flexibility index (Phi) is 5.11. The Balaban J connectivity index is 1.83. The number of hydrogen-bond acceptors (Lipinski definition) is 2. The molecule has 4 nitrogen and oxygen atoms in total. The molecule has 26 heavy (non-hydrogen) atoms. The molecule has 0 aliphatic carbocycles. The molecule has 0 radical (unpaired) electrons. The normalized spacial score (nSPS) is 10.4. The van der Waals surface area contributed by atoms with Gasteiger partial charge >= 0.3 is 0 Å². The Bertz CT molecular complexity index is 997.